The second-order valence-electron chi connectivity index (χ2n) is 7.79. The van der Waals surface area contributed by atoms with Crippen LogP contribution in [0.5, 0.6) is 0 Å². The highest BCUT2D eigenvalue weighted by Gasteiger charge is 2.12. The first-order chi connectivity index (χ1) is 15.7. The van der Waals surface area contributed by atoms with Crippen molar-refractivity contribution in [3.05, 3.63) is 71.3 Å². The summed E-state index contributed by atoms with van der Waals surface area (Å²) in [5, 5.41) is 9.49. The Morgan fingerprint density at radius 3 is 2.39 bits per heavy atom. The van der Waals surface area contributed by atoms with Crippen molar-refractivity contribution < 1.29 is 9.53 Å². The van der Waals surface area contributed by atoms with Gasteiger partial charge in [0.25, 0.3) is 0 Å². The van der Waals surface area contributed by atoms with Crippen LogP contribution in [0.4, 0.5) is 0 Å². The summed E-state index contributed by atoms with van der Waals surface area (Å²) in [4.78, 5) is 19.3. The molecule has 0 spiro atoms. The molecule has 180 valence electrons. The highest BCUT2D eigenvalue weighted by atomic mass is 127. The van der Waals surface area contributed by atoms with Gasteiger partial charge in [0.2, 0.25) is 5.91 Å². The Hall–Kier alpha value is -2.17. The summed E-state index contributed by atoms with van der Waals surface area (Å²) in [5.74, 6) is 0.748. The van der Waals surface area contributed by atoms with Crippen LogP contribution in [0, 0.1) is 0 Å². The maximum absolute atomic E-state index is 12.1. The Morgan fingerprint density at radius 2 is 1.67 bits per heavy atom. The largest absolute Gasteiger partial charge is 0.379 e. The molecule has 1 amide bonds. The molecule has 1 aliphatic rings. The number of carbonyl (C=O) groups is 1. The summed E-state index contributed by atoms with van der Waals surface area (Å²) in [5.41, 5.74) is 3.62. The van der Waals surface area contributed by atoms with E-state index in [9.17, 15) is 4.79 Å². The molecule has 0 aliphatic carbocycles. The number of aliphatic imine (C=N–C) groups is 1. The van der Waals surface area contributed by atoms with E-state index in [1.165, 1.54) is 11.1 Å². The van der Waals surface area contributed by atoms with Gasteiger partial charge in [0, 0.05) is 45.7 Å². The molecule has 1 saturated heterocycles. The van der Waals surface area contributed by atoms with Gasteiger partial charge in [0.1, 0.15) is 0 Å². The molecule has 1 aliphatic heterocycles. The summed E-state index contributed by atoms with van der Waals surface area (Å²) in [6.45, 7) is 8.92. The standard InChI is InChI=1S/C25H35N5O2.HI/c1-2-26-25(27-13-12-24(31)28-18-21-8-4-3-5-9-21)29-19-22-10-6-7-11-23(22)20-30-14-16-32-17-15-30;/h3-11H,2,12-20H2,1H3,(H,28,31)(H2,26,27,29);1H. The lowest BCUT2D eigenvalue weighted by atomic mass is 10.1. The molecule has 1 heterocycles. The quantitative estimate of drug-likeness (QED) is 0.235. The number of halogens is 1. The summed E-state index contributed by atoms with van der Waals surface area (Å²) in [6.07, 6.45) is 0.394. The average molecular weight is 566 g/mol. The number of benzene rings is 2. The molecule has 33 heavy (non-hydrogen) atoms. The molecule has 8 heteroatoms. The Labute approximate surface area is 214 Å². The molecule has 1 fully saturated rings. The highest BCUT2D eigenvalue weighted by Crippen LogP contribution is 2.14. The number of rotatable bonds is 10. The fourth-order valence-electron chi connectivity index (χ4n) is 3.55. The highest BCUT2D eigenvalue weighted by molar-refractivity contribution is 14.0. The van der Waals surface area contributed by atoms with Crippen molar-refractivity contribution in [2.24, 2.45) is 4.99 Å². The summed E-state index contributed by atoms with van der Waals surface area (Å²) in [7, 11) is 0. The topological polar surface area (TPSA) is 78.0 Å². The van der Waals surface area contributed by atoms with Gasteiger partial charge in [0.05, 0.1) is 19.8 Å². The fraction of sp³-hybridized carbons (Fsp3) is 0.440. The minimum atomic E-state index is 0. The molecule has 0 bridgehead atoms. The second kappa shape index (κ2) is 15.6. The lowest BCUT2D eigenvalue weighted by molar-refractivity contribution is -0.121. The zero-order valence-electron chi connectivity index (χ0n) is 19.4. The number of nitrogens with zero attached hydrogens (tertiary/aromatic N) is 2. The number of carbonyl (C=O) groups excluding carboxylic acids is 1. The average Bonchev–Trinajstić information content (AvgIpc) is 2.83. The van der Waals surface area contributed by atoms with E-state index in [4.69, 9.17) is 9.73 Å². The zero-order chi connectivity index (χ0) is 22.4. The van der Waals surface area contributed by atoms with Crippen molar-refractivity contribution in [1.29, 1.82) is 0 Å². The first-order valence-corrected chi connectivity index (χ1v) is 11.4. The summed E-state index contributed by atoms with van der Waals surface area (Å²) in [6, 6.07) is 18.4. The van der Waals surface area contributed by atoms with Crippen molar-refractivity contribution in [1.82, 2.24) is 20.9 Å². The van der Waals surface area contributed by atoms with Crippen LogP contribution in [0.25, 0.3) is 0 Å². The predicted molar refractivity (Wildman–Crippen MR) is 144 cm³/mol. The second-order valence-corrected chi connectivity index (χ2v) is 7.79. The van der Waals surface area contributed by atoms with Crippen molar-refractivity contribution >= 4 is 35.8 Å². The van der Waals surface area contributed by atoms with Crippen LogP contribution in [0.15, 0.2) is 59.6 Å². The van der Waals surface area contributed by atoms with Crippen molar-refractivity contribution in [2.45, 2.75) is 33.0 Å². The van der Waals surface area contributed by atoms with Crippen LogP contribution < -0.4 is 16.0 Å². The lowest BCUT2D eigenvalue weighted by Gasteiger charge is -2.27. The monoisotopic (exact) mass is 565 g/mol. The third-order valence-electron chi connectivity index (χ3n) is 5.34. The van der Waals surface area contributed by atoms with Gasteiger partial charge in [-0.1, -0.05) is 54.6 Å². The third-order valence-corrected chi connectivity index (χ3v) is 5.34. The molecule has 0 saturated carbocycles. The Bertz CT molecular complexity index is 857. The summed E-state index contributed by atoms with van der Waals surface area (Å²) >= 11 is 0. The van der Waals surface area contributed by atoms with Gasteiger partial charge in [0.15, 0.2) is 5.96 Å². The smallest absolute Gasteiger partial charge is 0.222 e. The van der Waals surface area contributed by atoms with E-state index in [1.807, 2.05) is 37.3 Å². The molecule has 7 nitrogen and oxygen atoms in total. The molecule has 3 N–H and O–H groups in total. The van der Waals surface area contributed by atoms with Gasteiger partial charge in [-0.25, -0.2) is 4.99 Å². The van der Waals surface area contributed by atoms with Crippen LogP contribution in [0.3, 0.4) is 0 Å². The molecule has 0 unspecified atom stereocenters. The Kier molecular flexibility index (Phi) is 12.8. The van der Waals surface area contributed by atoms with Crippen LogP contribution in [0.1, 0.15) is 30.0 Å². The third kappa shape index (κ3) is 10.1. The molecular formula is C25H36IN5O2. The van der Waals surface area contributed by atoms with Crippen molar-refractivity contribution in [3.8, 4) is 0 Å². The molecule has 0 aromatic heterocycles. The SMILES string of the molecule is CCNC(=NCc1ccccc1CN1CCOCC1)NCCC(=O)NCc1ccccc1.I. The Balaban J connectivity index is 0.00000385. The minimum Gasteiger partial charge on any atom is -0.379 e. The number of guanidine groups is 1. The molecule has 0 atom stereocenters. The van der Waals surface area contributed by atoms with E-state index in [-0.39, 0.29) is 29.9 Å². The van der Waals surface area contributed by atoms with Crippen LogP contribution in [-0.2, 0) is 29.2 Å². The number of morpholine rings is 1. The first-order valence-electron chi connectivity index (χ1n) is 11.4. The Morgan fingerprint density at radius 1 is 0.970 bits per heavy atom. The number of nitrogens with one attached hydrogen (secondary N) is 3. The number of hydrogen-bond donors (Lipinski definition) is 3. The van der Waals surface area contributed by atoms with Crippen LogP contribution in [0.2, 0.25) is 0 Å². The van der Waals surface area contributed by atoms with Gasteiger partial charge in [-0.05, 0) is 23.6 Å². The molecule has 2 aromatic rings. The van der Waals surface area contributed by atoms with Gasteiger partial charge in [-0.3, -0.25) is 9.69 Å². The predicted octanol–water partition coefficient (Wildman–Crippen LogP) is 2.90. The van der Waals surface area contributed by atoms with E-state index in [0.29, 0.717) is 26.1 Å². The first kappa shape index (κ1) is 27.1. The van der Waals surface area contributed by atoms with Gasteiger partial charge < -0.3 is 20.7 Å². The molecular weight excluding hydrogens is 529 g/mol. The maximum atomic E-state index is 12.1. The number of ether oxygens (including phenoxy) is 1. The van der Waals surface area contributed by atoms with E-state index >= 15 is 0 Å². The maximum Gasteiger partial charge on any atom is 0.222 e. The minimum absolute atomic E-state index is 0. The lowest BCUT2D eigenvalue weighted by Crippen LogP contribution is -2.39. The van der Waals surface area contributed by atoms with E-state index in [2.05, 4.69) is 45.1 Å². The summed E-state index contributed by atoms with van der Waals surface area (Å²) < 4.78 is 5.46. The fourth-order valence-corrected chi connectivity index (χ4v) is 3.55. The van der Waals surface area contributed by atoms with E-state index in [1.54, 1.807) is 0 Å². The molecule has 2 aromatic carbocycles. The van der Waals surface area contributed by atoms with Crippen LogP contribution >= 0.6 is 24.0 Å². The van der Waals surface area contributed by atoms with Gasteiger partial charge in [-0.2, -0.15) is 0 Å². The van der Waals surface area contributed by atoms with Gasteiger partial charge >= 0.3 is 0 Å². The van der Waals surface area contributed by atoms with Crippen molar-refractivity contribution in [3.63, 3.8) is 0 Å². The number of amides is 1. The van der Waals surface area contributed by atoms with Crippen molar-refractivity contribution in [2.75, 3.05) is 39.4 Å². The van der Waals surface area contributed by atoms with E-state index in [0.717, 1.165) is 50.9 Å². The van der Waals surface area contributed by atoms with Gasteiger partial charge in [-0.15, -0.1) is 24.0 Å². The normalized spacial score (nSPS) is 14.3. The van der Waals surface area contributed by atoms with Crippen LogP contribution in [-0.4, -0.2) is 56.2 Å². The zero-order valence-corrected chi connectivity index (χ0v) is 21.7. The van der Waals surface area contributed by atoms with E-state index < -0.39 is 0 Å². The molecule has 3 rings (SSSR count). The molecule has 0 radical (unpaired) electrons. The number of hydrogen-bond acceptors (Lipinski definition) is 4.